The monoisotopic (exact) mass is 448 g/mol. The van der Waals surface area contributed by atoms with Gasteiger partial charge in [0.25, 0.3) is 0 Å². The van der Waals surface area contributed by atoms with Gasteiger partial charge in [0.15, 0.2) is 0 Å². The topological polar surface area (TPSA) is 66.9 Å². The average Bonchev–Trinajstić information content (AvgIpc) is 3.16. The third-order valence-electron chi connectivity index (χ3n) is 5.74. The van der Waals surface area contributed by atoms with Gasteiger partial charge in [-0.15, -0.1) is 0 Å². The third kappa shape index (κ3) is 2.32. The number of hydrogen-bond donors (Lipinski definition) is 0. The molecular weight excluding hydrogens is 432 g/mol. The number of imide groups is 1. The fourth-order valence-corrected chi connectivity index (χ4v) is 6.49. The predicted octanol–water partition coefficient (Wildman–Crippen LogP) is 0.623. The Morgan fingerprint density at radius 3 is 2.09 bits per heavy atom. The fourth-order valence-electron chi connectivity index (χ4n) is 4.61. The molecule has 4 rings (SSSR count). The van der Waals surface area contributed by atoms with E-state index in [0.29, 0.717) is 26.3 Å². The van der Waals surface area contributed by atoms with Crippen molar-refractivity contribution in [3.8, 4) is 0 Å². The van der Waals surface area contributed by atoms with Crippen molar-refractivity contribution in [3.63, 3.8) is 0 Å². The average molecular weight is 450 g/mol. The van der Waals surface area contributed by atoms with Gasteiger partial charge in [0, 0.05) is 22.7 Å². The number of alkyl halides is 2. The van der Waals surface area contributed by atoms with Crippen molar-refractivity contribution in [2.75, 3.05) is 32.8 Å². The van der Waals surface area contributed by atoms with Crippen LogP contribution in [-0.2, 0) is 19.1 Å². The van der Waals surface area contributed by atoms with Gasteiger partial charge in [-0.25, -0.2) is 0 Å². The van der Waals surface area contributed by atoms with Crippen LogP contribution in [0.1, 0.15) is 6.42 Å². The molecule has 4 fully saturated rings. The molecule has 0 radical (unpaired) electrons. The number of fused-ring (bicyclic) bond motifs is 5. The van der Waals surface area contributed by atoms with Crippen molar-refractivity contribution in [1.29, 1.82) is 0 Å². The molecule has 2 heterocycles. The molecule has 2 aliphatic heterocycles. The third-order valence-corrected chi connectivity index (χ3v) is 8.94. The van der Waals surface area contributed by atoms with Crippen molar-refractivity contribution >= 4 is 49.6 Å². The number of carbonyl (C=O) groups excluding carboxylic acids is 3. The van der Waals surface area contributed by atoms with E-state index in [1.165, 1.54) is 4.90 Å². The summed E-state index contributed by atoms with van der Waals surface area (Å²) in [6.07, 6.45) is 0.907. The van der Waals surface area contributed by atoms with E-state index in [9.17, 15) is 14.4 Å². The molecule has 4 aliphatic rings. The maximum Gasteiger partial charge on any atom is 0.242 e. The summed E-state index contributed by atoms with van der Waals surface area (Å²) in [5.74, 6) is -0.584. The number of hydrogen-bond acceptors (Lipinski definition) is 4. The van der Waals surface area contributed by atoms with Crippen molar-refractivity contribution in [2.24, 2.45) is 23.7 Å². The molecule has 0 aromatic heterocycles. The van der Waals surface area contributed by atoms with Crippen LogP contribution in [0.2, 0.25) is 0 Å². The summed E-state index contributed by atoms with van der Waals surface area (Å²) >= 11 is 7.32. The Labute approximate surface area is 151 Å². The zero-order valence-corrected chi connectivity index (χ0v) is 15.7. The van der Waals surface area contributed by atoms with E-state index < -0.39 is 0 Å². The molecule has 0 aromatic rings. The maximum atomic E-state index is 12.7. The van der Waals surface area contributed by atoms with E-state index in [4.69, 9.17) is 4.74 Å². The van der Waals surface area contributed by atoms with Gasteiger partial charge in [0.05, 0.1) is 25.0 Å². The molecular formula is C15H18Br2N2O4. The molecule has 2 saturated heterocycles. The molecule has 3 amide bonds. The highest BCUT2D eigenvalue weighted by Crippen LogP contribution is 2.60. The largest absolute Gasteiger partial charge is 0.378 e. The Bertz CT molecular complexity index is 534. The van der Waals surface area contributed by atoms with Crippen LogP contribution in [-0.4, -0.2) is 70.0 Å². The van der Waals surface area contributed by atoms with Gasteiger partial charge in [-0.3, -0.25) is 19.3 Å². The van der Waals surface area contributed by atoms with Crippen LogP contribution in [0.5, 0.6) is 0 Å². The lowest BCUT2D eigenvalue weighted by molar-refractivity contribution is -0.148. The van der Waals surface area contributed by atoms with Crippen LogP contribution in [0.25, 0.3) is 0 Å². The second-order valence-corrected chi connectivity index (χ2v) is 8.87. The summed E-state index contributed by atoms with van der Waals surface area (Å²) in [7, 11) is 0. The van der Waals surface area contributed by atoms with Gasteiger partial charge in [0.1, 0.15) is 6.54 Å². The van der Waals surface area contributed by atoms with Crippen molar-refractivity contribution in [2.45, 2.75) is 16.1 Å². The molecule has 23 heavy (non-hydrogen) atoms. The lowest BCUT2D eigenvalue weighted by Crippen LogP contribution is -2.47. The Balaban J connectivity index is 1.50. The Hall–Kier alpha value is -0.470. The fraction of sp³-hybridized carbons (Fsp3) is 0.800. The number of carbonyl (C=O) groups is 3. The first-order valence-electron chi connectivity index (χ1n) is 7.99. The standard InChI is InChI=1S/C15H18Br2N2O4/c16-12-7-5-8(13(12)17)11-10(7)14(21)19(15(11)22)6-9(20)18-1-3-23-4-2-18/h7-8,10-13H,1-6H2/t7-,8-,10-,11-,12-,13+/m1/s1. The van der Waals surface area contributed by atoms with Gasteiger partial charge in [-0.1, -0.05) is 31.9 Å². The van der Waals surface area contributed by atoms with E-state index in [1.54, 1.807) is 4.90 Å². The first-order valence-corrected chi connectivity index (χ1v) is 9.82. The lowest BCUT2D eigenvalue weighted by Gasteiger charge is -2.28. The molecule has 0 spiro atoms. The minimum absolute atomic E-state index is 0.121. The molecule has 0 unspecified atom stereocenters. The smallest absolute Gasteiger partial charge is 0.242 e. The van der Waals surface area contributed by atoms with Crippen LogP contribution in [0, 0.1) is 23.7 Å². The predicted molar refractivity (Wildman–Crippen MR) is 88.1 cm³/mol. The summed E-state index contributed by atoms with van der Waals surface area (Å²) in [5.41, 5.74) is 0. The molecule has 126 valence electrons. The molecule has 2 bridgehead atoms. The van der Waals surface area contributed by atoms with Crippen LogP contribution >= 0.6 is 31.9 Å². The summed E-state index contributed by atoms with van der Waals surface area (Å²) in [6, 6.07) is 0. The Kier molecular flexibility index (Phi) is 4.05. The summed E-state index contributed by atoms with van der Waals surface area (Å²) in [5, 5.41) is 0. The molecule has 2 saturated carbocycles. The van der Waals surface area contributed by atoms with Crippen molar-refractivity contribution in [1.82, 2.24) is 9.80 Å². The molecule has 6 atom stereocenters. The first-order chi connectivity index (χ1) is 11.0. The number of halogens is 2. The van der Waals surface area contributed by atoms with Gasteiger partial charge in [-0.2, -0.15) is 0 Å². The number of morpholine rings is 1. The zero-order chi connectivity index (χ0) is 16.3. The zero-order valence-electron chi connectivity index (χ0n) is 12.5. The highest BCUT2D eigenvalue weighted by atomic mass is 79.9. The highest BCUT2D eigenvalue weighted by molar-refractivity contribution is 9.12. The first kappa shape index (κ1) is 16.0. The molecule has 6 nitrogen and oxygen atoms in total. The van der Waals surface area contributed by atoms with Gasteiger partial charge < -0.3 is 9.64 Å². The lowest BCUT2D eigenvalue weighted by atomic mass is 9.81. The minimum Gasteiger partial charge on any atom is -0.378 e. The SMILES string of the molecule is O=C(CN1C(=O)[C@@H]2[C@H]3C[C@@H]([C@@H](Br)[C@H]3Br)[C@H]2C1=O)N1CCOCC1. The highest BCUT2D eigenvalue weighted by Gasteiger charge is 2.66. The van der Waals surface area contributed by atoms with E-state index in [1.807, 2.05) is 0 Å². The number of nitrogens with zero attached hydrogens (tertiary/aromatic N) is 2. The van der Waals surface area contributed by atoms with Gasteiger partial charge >= 0.3 is 0 Å². The maximum absolute atomic E-state index is 12.7. The molecule has 2 aliphatic carbocycles. The van der Waals surface area contributed by atoms with Crippen LogP contribution in [0.4, 0.5) is 0 Å². The van der Waals surface area contributed by atoms with Gasteiger partial charge in [-0.05, 0) is 18.3 Å². The molecule has 0 N–H and O–H groups in total. The quantitative estimate of drug-likeness (QED) is 0.458. The second-order valence-electron chi connectivity index (χ2n) is 6.76. The second kappa shape index (κ2) is 5.81. The summed E-state index contributed by atoms with van der Waals surface area (Å²) in [6.45, 7) is 1.96. The number of amides is 3. The van der Waals surface area contributed by atoms with Gasteiger partial charge in [0.2, 0.25) is 17.7 Å². The minimum atomic E-state index is -0.247. The normalized spacial score (nSPS) is 42.5. The molecule has 0 aromatic carbocycles. The number of likely N-dealkylation sites (tertiary alicyclic amines) is 1. The van der Waals surface area contributed by atoms with E-state index in [0.717, 1.165) is 6.42 Å². The van der Waals surface area contributed by atoms with E-state index >= 15 is 0 Å². The van der Waals surface area contributed by atoms with E-state index in [2.05, 4.69) is 31.9 Å². The van der Waals surface area contributed by atoms with Crippen LogP contribution in [0.3, 0.4) is 0 Å². The van der Waals surface area contributed by atoms with Crippen molar-refractivity contribution < 1.29 is 19.1 Å². The Morgan fingerprint density at radius 1 is 1.04 bits per heavy atom. The van der Waals surface area contributed by atoms with Crippen molar-refractivity contribution in [3.05, 3.63) is 0 Å². The number of rotatable bonds is 2. The molecule has 8 heteroatoms. The Morgan fingerprint density at radius 2 is 1.57 bits per heavy atom. The van der Waals surface area contributed by atoms with Crippen LogP contribution in [0.15, 0.2) is 0 Å². The summed E-state index contributed by atoms with van der Waals surface area (Å²) < 4.78 is 5.23. The van der Waals surface area contributed by atoms with Crippen LogP contribution < -0.4 is 0 Å². The number of ether oxygens (including phenoxy) is 1. The van der Waals surface area contributed by atoms with E-state index in [-0.39, 0.29) is 57.6 Å². The summed E-state index contributed by atoms with van der Waals surface area (Å²) in [4.78, 5) is 41.2.